The Morgan fingerprint density at radius 2 is 1.32 bits per heavy atom. The van der Waals surface area contributed by atoms with E-state index in [0.29, 0.717) is 18.6 Å². The smallest absolute Gasteiger partial charge is 0.160 e. The average Bonchev–Trinajstić information content (AvgIpc) is 3.21. The number of ketones is 3. The summed E-state index contributed by atoms with van der Waals surface area (Å²) in [5.74, 6) is 0.278. The Kier molecular flexibility index (Phi) is 11.3. The van der Waals surface area contributed by atoms with Gasteiger partial charge in [0.05, 0.1) is 5.92 Å². The summed E-state index contributed by atoms with van der Waals surface area (Å²) in [6, 6.07) is 0. The monoisotopic (exact) mass is 392 g/mol. The summed E-state index contributed by atoms with van der Waals surface area (Å²) in [4.78, 5) is 34.9. The van der Waals surface area contributed by atoms with Crippen LogP contribution >= 0.6 is 0 Å². The fourth-order valence-electron chi connectivity index (χ4n) is 3.99. The molecule has 0 unspecified atom stereocenters. The van der Waals surface area contributed by atoms with Gasteiger partial charge in [-0.05, 0) is 65.5 Å². The number of carbonyl (C=O) groups is 3. The van der Waals surface area contributed by atoms with Crippen LogP contribution in [-0.2, 0) is 14.4 Å². The first kappa shape index (κ1) is 24.5. The van der Waals surface area contributed by atoms with Crippen LogP contribution in [0.15, 0.2) is 11.3 Å². The zero-order valence-corrected chi connectivity index (χ0v) is 17.1. The first-order valence-electron chi connectivity index (χ1n) is 10.7. The van der Waals surface area contributed by atoms with Crippen LogP contribution in [0.3, 0.4) is 0 Å². The van der Waals surface area contributed by atoms with Crippen LogP contribution in [0.5, 0.6) is 0 Å². The van der Waals surface area contributed by atoms with E-state index in [0.717, 1.165) is 18.4 Å². The molecular formula is C23H40N2O3. The predicted molar refractivity (Wildman–Crippen MR) is 114 cm³/mol. The van der Waals surface area contributed by atoms with Gasteiger partial charge in [0.25, 0.3) is 0 Å². The summed E-state index contributed by atoms with van der Waals surface area (Å²) in [6.07, 6.45) is 10.8. The SMILES string of the molecule is C.C1CCNCC1.CC1=C(N2CCCCC2)CCC1=O.CC1C(=O)CCC1=O. The summed E-state index contributed by atoms with van der Waals surface area (Å²) < 4.78 is 0. The van der Waals surface area contributed by atoms with E-state index in [1.165, 1.54) is 70.4 Å². The van der Waals surface area contributed by atoms with Crippen molar-refractivity contribution in [2.45, 2.75) is 85.5 Å². The summed E-state index contributed by atoms with van der Waals surface area (Å²) in [5.41, 5.74) is 2.37. The molecule has 2 heterocycles. The lowest BCUT2D eigenvalue weighted by Crippen LogP contribution is -2.28. The summed E-state index contributed by atoms with van der Waals surface area (Å²) >= 11 is 0. The second-order valence-electron chi connectivity index (χ2n) is 8.01. The van der Waals surface area contributed by atoms with Gasteiger partial charge in [0.1, 0.15) is 11.6 Å². The van der Waals surface area contributed by atoms with Gasteiger partial charge >= 0.3 is 0 Å². The minimum absolute atomic E-state index is 0. The van der Waals surface area contributed by atoms with Gasteiger partial charge in [-0.2, -0.15) is 0 Å². The lowest BCUT2D eigenvalue weighted by atomic mass is 10.1. The molecule has 0 aromatic heterocycles. The normalized spacial score (nSPS) is 22.9. The Balaban J connectivity index is 0.000000225. The van der Waals surface area contributed by atoms with Crippen molar-refractivity contribution in [2.24, 2.45) is 5.92 Å². The van der Waals surface area contributed by atoms with Gasteiger partial charge in [-0.3, -0.25) is 14.4 Å². The molecule has 1 N–H and O–H groups in total. The van der Waals surface area contributed by atoms with E-state index in [-0.39, 0.29) is 24.9 Å². The second kappa shape index (κ2) is 12.9. The van der Waals surface area contributed by atoms with Crippen molar-refractivity contribution in [3.05, 3.63) is 11.3 Å². The van der Waals surface area contributed by atoms with Gasteiger partial charge < -0.3 is 10.2 Å². The maximum Gasteiger partial charge on any atom is 0.160 e. The van der Waals surface area contributed by atoms with E-state index in [9.17, 15) is 14.4 Å². The summed E-state index contributed by atoms with van der Waals surface area (Å²) in [6.45, 7) is 8.50. The van der Waals surface area contributed by atoms with Crippen LogP contribution in [0.1, 0.15) is 85.5 Å². The molecule has 3 fully saturated rings. The maximum atomic E-state index is 11.3. The molecule has 0 atom stereocenters. The number of piperidine rings is 2. The Morgan fingerprint density at radius 1 is 0.786 bits per heavy atom. The molecule has 0 spiro atoms. The summed E-state index contributed by atoms with van der Waals surface area (Å²) in [7, 11) is 0. The number of carbonyl (C=O) groups excluding carboxylic acids is 3. The maximum absolute atomic E-state index is 11.3. The van der Waals surface area contributed by atoms with E-state index in [2.05, 4.69) is 10.2 Å². The molecule has 0 amide bonds. The number of nitrogens with zero attached hydrogens (tertiary/aromatic N) is 1. The minimum atomic E-state index is -0.296. The van der Waals surface area contributed by atoms with E-state index < -0.39 is 0 Å². The van der Waals surface area contributed by atoms with E-state index >= 15 is 0 Å². The third-order valence-corrected chi connectivity index (χ3v) is 5.97. The number of hydrogen-bond acceptors (Lipinski definition) is 5. The molecule has 4 aliphatic rings. The van der Waals surface area contributed by atoms with Crippen molar-refractivity contribution in [2.75, 3.05) is 26.2 Å². The Hall–Kier alpha value is -1.49. The van der Waals surface area contributed by atoms with Crippen LogP contribution < -0.4 is 5.32 Å². The Labute approximate surface area is 171 Å². The van der Waals surface area contributed by atoms with Gasteiger partial charge in [-0.25, -0.2) is 0 Å². The molecule has 0 radical (unpaired) electrons. The zero-order chi connectivity index (χ0) is 19.6. The molecule has 160 valence electrons. The quantitative estimate of drug-likeness (QED) is 0.682. The largest absolute Gasteiger partial charge is 0.374 e. The van der Waals surface area contributed by atoms with Crippen molar-refractivity contribution in [3.8, 4) is 0 Å². The van der Waals surface area contributed by atoms with Crippen LogP contribution in [0.2, 0.25) is 0 Å². The fraction of sp³-hybridized carbons (Fsp3) is 0.783. The second-order valence-corrected chi connectivity index (χ2v) is 8.01. The molecule has 2 aliphatic heterocycles. The van der Waals surface area contributed by atoms with E-state index in [4.69, 9.17) is 0 Å². The van der Waals surface area contributed by atoms with Crippen molar-refractivity contribution in [1.29, 1.82) is 0 Å². The van der Waals surface area contributed by atoms with Crippen molar-refractivity contribution >= 4 is 17.3 Å². The topological polar surface area (TPSA) is 66.5 Å². The standard InChI is InChI=1S/C11H17NO.C6H8O2.C5H11N.CH4/c1-9-10(5-6-11(9)13)12-7-3-2-4-8-12;1-4-5(7)2-3-6(4)8;1-2-4-6-5-3-1;/h2-8H2,1H3;4H,2-3H2,1H3;6H,1-5H2;1H4. The van der Waals surface area contributed by atoms with Gasteiger partial charge in [0.2, 0.25) is 0 Å². The molecule has 4 rings (SSSR count). The van der Waals surface area contributed by atoms with Gasteiger partial charge in [0, 0.05) is 43.6 Å². The first-order valence-corrected chi connectivity index (χ1v) is 10.7. The molecular weight excluding hydrogens is 352 g/mol. The highest BCUT2D eigenvalue weighted by Crippen LogP contribution is 2.27. The first-order chi connectivity index (χ1) is 13.0. The average molecular weight is 393 g/mol. The predicted octanol–water partition coefficient (Wildman–Crippen LogP) is 4.06. The lowest BCUT2D eigenvalue weighted by Gasteiger charge is -2.30. The third kappa shape index (κ3) is 7.50. The van der Waals surface area contributed by atoms with Gasteiger partial charge in [-0.15, -0.1) is 0 Å². The minimum Gasteiger partial charge on any atom is -0.374 e. The molecule has 1 saturated carbocycles. The highest BCUT2D eigenvalue weighted by atomic mass is 16.2. The number of rotatable bonds is 1. The number of allylic oxidation sites excluding steroid dienone is 2. The molecule has 0 aromatic carbocycles. The molecule has 2 saturated heterocycles. The van der Waals surface area contributed by atoms with Crippen LogP contribution in [0, 0.1) is 5.92 Å². The van der Waals surface area contributed by atoms with Crippen LogP contribution in [0.25, 0.3) is 0 Å². The highest BCUT2D eigenvalue weighted by Gasteiger charge is 2.27. The summed E-state index contributed by atoms with van der Waals surface area (Å²) in [5, 5.41) is 3.28. The Morgan fingerprint density at radius 3 is 1.64 bits per heavy atom. The number of Topliss-reactive ketones (excluding diaryl/α,β-unsaturated/α-hetero) is 3. The molecule has 28 heavy (non-hydrogen) atoms. The van der Waals surface area contributed by atoms with Crippen LogP contribution in [-0.4, -0.2) is 48.4 Å². The Bertz CT molecular complexity index is 531. The molecule has 5 nitrogen and oxygen atoms in total. The molecule has 2 aliphatic carbocycles. The molecule has 0 bridgehead atoms. The van der Waals surface area contributed by atoms with Crippen LogP contribution in [0.4, 0.5) is 0 Å². The fourth-order valence-corrected chi connectivity index (χ4v) is 3.99. The van der Waals surface area contributed by atoms with Gasteiger partial charge in [-0.1, -0.05) is 13.8 Å². The van der Waals surface area contributed by atoms with Crippen molar-refractivity contribution in [3.63, 3.8) is 0 Å². The molecule has 0 aromatic rings. The third-order valence-electron chi connectivity index (χ3n) is 5.97. The number of hydrogen-bond donors (Lipinski definition) is 1. The number of likely N-dealkylation sites (tertiary alicyclic amines) is 1. The number of nitrogens with one attached hydrogen (secondary N) is 1. The highest BCUT2D eigenvalue weighted by molar-refractivity contribution is 6.08. The lowest BCUT2D eigenvalue weighted by molar-refractivity contribution is -0.126. The molecule has 5 heteroatoms. The van der Waals surface area contributed by atoms with Crippen molar-refractivity contribution in [1.82, 2.24) is 10.2 Å². The van der Waals surface area contributed by atoms with Crippen molar-refractivity contribution < 1.29 is 14.4 Å². The zero-order valence-electron chi connectivity index (χ0n) is 17.1. The van der Waals surface area contributed by atoms with Gasteiger partial charge in [0.15, 0.2) is 5.78 Å². The van der Waals surface area contributed by atoms with E-state index in [1.807, 2.05) is 6.92 Å². The van der Waals surface area contributed by atoms with E-state index in [1.54, 1.807) is 6.92 Å².